The van der Waals surface area contributed by atoms with Gasteiger partial charge in [-0.1, -0.05) is 30.3 Å². The minimum atomic E-state index is -0.737. The maximum Gasteiger partial charge on any atom is 0.245 e. The van der Waals surface area contributed by atoms with Crippen LogP contribution in [-0.2, 0) is 20.7 Å². The van der Waals surface area contributed by atoms with Gasteiger partial charge in [0.1, 0.15) is 5.54 Å². The lowest BCUT2D eigenvalue weighted by Crippen LogP contribution is -2.55. The molecule has 1 aliphatic rings. The summed E-state index contributed by atoms with van der Waals surface area (Å²) in [5.74, 6) is 0.00277. The predicted octanol–water partition coefficient (Wildman–Crippen LogP) is 1.76. The number of methoxy groups -OCH3 is 1. The van der Waals surface area contributed by atoms with Crippen LogP contribution in [0.15, 0.2) is 30.3 Å². The van der Waals surface area contributed by atoms with Gasteiger partial charge < -0.3 is 15.0 Å². The molecule has 1 aromatic rings. The smallest absolute Gasteiger partial charge is 0.245 e. The fraction of sp³-hybridized carbons (Fsp3) is 0.556. The molecule has 1 atom stereocenters. The van der Waals surface area contributed by atoms with Crippen molar-refractivity contribution in [1.82, 2.24) is 10.2 Å². The van der Waals surface area contributed by atoms with Gasteiger partial charge in [0.15, 0.2) is 0 Å². The average molecular weight is 318 g/mol. The fourth-order valence-electron chi connectivity index (χ4n) is 3.00. The molecule has 2 rings (SSSR count). The zero-order valence-electron chi connectivity index (χ0n) is 14.0. The number of likely N-dealkylation sites (tertiary alicyclic amines) is 1. The normalized spacial score (nSPS) is 20.8. The Bertz CT molecular complexity index is 532. The molecule has 0 radical (unpaired) electrons. The van der Waals surface area contributed by atoms with Crippen molar-refractivity contribution in [2.75, 3.05) is 26.8 Å². The molecule has 126 valence electrons. The molecule has 0 aromatic heterocycles. The molecule has 5 heteroatoms. The van der Waals surface area contributed by atoms with E-state index in [1.165, 1.54) is 5.56 Å². The molecule has 1 aliphatic heterocycles. The van der Waals surface area contributed by atoms with Gasteiger partial charge in [0.05, 0.1) is 0 Å². The quantitative estimate of drug-likeness (QED) is 0.743. The van der Waals surface area contributed by atoms with E-state index in [1.807, 2.05) is 37.3 Å². The Kier molecular flexibility index (Phi) is 6.16. The Morgan fingerprint density at radius 1 is 1.35 bits per heavy atom. The maximum atomic E-state index is 12.6. The number of benzene rings is 1. The highest BCUT2D eigenvalue weighted by molar-refractivity contribution is 5.94. The van der Waals surface area contributed by atoms with E-state index in [0.717, 1.165) is 12.8 Å². The van der Waals surface area contributed by atoms with Crippen LogP contribution in [0.3, 0.4) is 0 Å². The van der Waals surface area contributed by atoms with E-state index in [9.17, 15) is 9.59 Å². The van der Waals surface area contributed by atoms with E-state index in [0.29, 0.717) is 32.5 Å². The molecule has 1 N–H and O–H groups in total. The minimum Gasteiger partial charge on any atom is -0.385 e. The first-order chi connectivity index (χ1) is 11.1. The Labute approximate surface area is 138 Å². The zero-order valence-corrected chi connectivity index (χ0v) is 14.0. The van der Waals surface area contributed by atoms with Gasteiger partial charge in [0.25, 0.3) is 0 Å². The van der Waals surface area contributed by atoms with Crippen molar-refractivity contribution in [2.24, 2.45) is 0 Å². The van der Waals surface area contributed by atoms with Crippen LogP contribution in [0, 0.1) is 0 Å². The van der Waals surface area contributed by atoms with Crippen molar-refractivity contribution >= 4 is 11.8 Å². The number of carbonyl (C=O) groups excluding carboxylic acids is 2. The van der Waals surface area contributed by atoms with E-state index in [4.69, 9.17) is 4.74 Å². The van der Waals surface area contributed by atoms with Crippen LogP contribution in [0.5, 0.6) is 0 Å². The second-order valence-corrected chi connectivity index (χ2v) is 6.16. The van der Waals surface area contributed by atoms with Crippen LogP contribution in [0.4, 0.5) is 0 Å². The second-order valence-electron chi connectivity index (χ2n) is 6.16. The van der Waals surface area contributed by atoms with Crippen molar-refractivity contribution < 1.29 is 14.3 Å². The predicted molar refractivity (Wildman–Crippen MR) is 89.0 cm³/mol. The molecule has 0 aliphatic carbocycles. The first-order valence-electron chi connectivity index (χ1n) is 8.19. The number of hydrogen-bond acceptors (Lipinski definition) is 3. The van der Waals surface area contributed by atoms with Gasteiger partial charge in [0, 0.05) is 33.2 Å². The summed E-state index contributed by atoms with van der Waals surface area (Å²) in [5.41, 5.74) is 0.439. The molecule has 0 spiro atoms. The van der Waals surface area contributed by atoms with Gasteiger partial charge in [-0.05, 0) is 31.7 Å². The summed E-state index contributed by atoms with van der Waals surface area (Å²) in [6.07, 6.45) is 2.56. The number of nitrogens with one attached hydrogen (secondary N) is 1. The molecule has 0 bridgehead atoms. The van der Waals surface area contributed by atoms with Gasteiger partial charge in [-0.3, -0.25) is 9.59 Å². The van der Waals surface area contributed by atoms with E-state index < -0.39 is 5.54 Å². The van der Waals surface area contributed by atoms with Gasteiger partial charge in [-0.15, -0.1) is 0 Å². The molecule has 1 saturated heterocycles. The topological polar surface area (TPSA) is 58.6 Å². The molecule has 5 nitrogen and oxygen atoms in total. The van der Waals surface area contributed by atoms with Crippen molar-refractivity contribution in [1.29, 1.82) is 0 Å². The monoisotopic (exact) mass is 318 g/mol. The van der Waals surface area contributed by atoms with Crippen LogP contribution in [0.2, 0.25) is 0 Å². The standard InChI is InChI=1S/C18H26N2O3/c1-18(17(22)19-12-6-14-23-2)11-9-16(21)20(18)13-10-15-7-4-3-5-8-15/h3-5,7-8H,6,9-14H2,1-2H3,(H,19,22). The molecule has 2 amide bonds. The van der Waals surface area contributed by atoms with Crippen molar-refractivity contribution in [3.05, 3.63) is 35.9 Å². The highest BCUT2D eigenvalue weighted by Crippen LogP contribution is 2.30. The second kappa shape index (κ2) is 8.11. The fourth-order valence-corrected chi connectivity index (χ4v) is 3.00. The first-order valence-corrected chi connectivity index (χ1v) is 8.19. The van der Waals surface area contributed by atoms with Gasteiger partial charge in [0.2, 0.25) is 11.8 Å². The molecule has 1 aromatic carbocycles. The molecular formula is C18H26N2O3. The number of ether oxygens (including phenoxy) is 1. The van der Waals surface area contributed by atoms with Crippen molar-refractivity contribution in [3.8, 4) is 0 Å². The highest BCUT2D eigenvalue weighted by Gasteiger charge is 2.46. The lowest BCUT2D eigenvalue weighted by Gasteiger charge is -2.34. The summed E-state index contributed by atoms with van der Waals surface area (Å²) >= 11 is 0. The summed E-state index contributed by atoms with van der Waals surface area (Å²) in [5, 5.41) is 2.94. The molecule has 1 unspecified atom stereocenters. The Hall–Kier alpha value is -1.88. The average Bonchev–Trinajstić information content (AvgIpc) is 2.86. The number of nitrogens with zero attached hydrogens (tertiary/aromatic N) is 1. The molecule has 1 fully saturated rings. The van der Waals surface area contributed by atoms with Crippen LogP contribution in [-0.4, -0.2) is 49.1 Å². The van der Waals surface area contributed by atoms with Gasteiger partial charge in [-0.25, -0.2) is 0 Å². The molecule has 1 heterocycles. The molecular weight excluding hydrogens is 292 g/mol. The van der Waals surface area contributed by atoms with E-state index in [2.05, 4.69) is 5.32 Å². The lowest BCUT2D eigenvalue weighted by molar-refractivity contribution is -0.140. The SMILES string of the molecule is COCCCNC(=O)C1(C)CCC(=O)N1CCc1ccccc1. The first kappa shape index (κ1) is 17.5. The largest absolute Gasteiger partial charge is 0.385 e. The number of carbonyl (C=O) groups is 2. The third kappa shape index (κ3) is 4.32. The third-order valence-corrected chi connectivity index (χ3v) is 4.49. The summed E-state index contributed by atoms with van der Waals surface area (Å²) in [4.78, 5) is 26.5. The van der Waals surface area contributed by atoms with Crippen molar-refractivity contribution in [3.63, 3.8) is 0 Å². The summed E-state index contributed by atoms with van der Waals surface area (Å²) in [6, 6.07) is 10.0. The Morgan fingerprint density at radius 2 is 2.09 bits per heavy atom. The summed E-state index contributed by atoms with van der Waals surface area (Å²) in [7, 11) is 1.64. The van der Waals surface area contributed by atoms with Crippen molar-refractivity contribution in [2.45, 2.75) is 38.1 Å². The van der Waals surface area contributed by atoms with Gasteiger partial charge in [-0.2, -0.15) is 0 Å². The Morgan fingerprint density at radius 3 is 2.78 bits per heavy atom. The Balaban J connectivity index is 1.95. The van der Waals surface area contributed by atoms with E-state index in [1.54, 1.807) is 12.0 Å². The molecule has 0 saturated carbocycles. The minimum absolute atomic E-state index is 0.0625. The number of amides is 2. The number of hydrogen-bond donors (Lipinski definition) is 1. The highest BCUT2D eigenvalue weighted by atomic mass is 16.5. The zero-order chi connectivity index (χ0) is 16.7. The maximum absolute atomic E-state index is 12.6. The van der Waals surface area contributed by atoms with Crippen LogP contribution in [0.1, 0.15) is 31.7 Å². The summed E-state index contributed by atoms with van der Waals surface area (Å²) in [6.45, 7) is 3.63. The van der Waals surface area contributed by atoms with Crippen LogP contribution < -0.4 is 5.32 Å². The number of rotatable bonds is 8. The van der Waals surface area contributed by atoms with E-state index >= 15 is 0 Å². The van der Waals surface area contributed by atoms with Crippen LogP contribution in [0.25, 0.3) is 0 Å². The summed E-state index contributed by atoms with van der Waals surface area (Å²) < 4.78 is 4.98. The van der Waals surface area contributed by atoms with Gasteiger partial charge >= 0.3 is 0 Å². The third-order valence-electron chi connectivity index (χ3n) is 4.49. The lowest BCUT2D eigenvalue weighted by atomic mass is 9.97. The molecule has 23 heavy (non-hydrogen) atoms. The van der Waals surface area contributed by atoms with Crippen LogP contribution >= 0.6 is 0 Å². The van der Waals surface area contributed by atoms with E-state index in [-0.39, 0.29) is 11.8 Å².